The van der Waals surface area contributed by atoms with Gasteiger partial charge in [-0.2, -0.15) is 0 Å². The molecule has 6 nitrogen and oxygen atoms in total. The van der Waals surface area contributed by atoms with Crippen molar-refractivity contribution < 1.29 is 13.2 Å². The number of sulfonamides is 1. The molecule has 1 aliphatic rings. The van der Waals surface area contributed by atoms with Crippen molar-refractivity contribution in [3.8, 4) is 0 Å². The second kappa shape index (κ2) is 8.00. The second-order valence-electron chi connectivity index (χ2n) is 6.67. The van der Waals surface area contributed by atoms with Crippen molar-refractivity contribution >= 4 is 33.0 Å². The van der Waals surface area contributed by atoms with Gasteiger partial charge in [-0.25, -0.2) is 8.42 Å². The van der Waals surface area contributed by atoms with Crippen LogP contribution in [0.25, 0.3) is 0 Å². The minimum Gasteiger partial charge on any atom is -0.385 e. The minimum absolute atomic E-state index is 0.0323. The van der Waals surface area contributed by atoms with Crippen molar-refractivity contribution in [1.29, 1.82) is 0 Å². The molecule has 27 heavy (non-hydrogen) atoms. The molecule has 0 spiro atoms. The van der Waals surface area contributed by atoms with Gasteiger partial charge in [0.15, 0.2) is 0 Å². The number of carbonyl (C=O) groups is 1. The lowest BCUT2D eigenvalue weighted by Crippen LogP contribution is -2.25. The quantitative estimate of drug-likeness (QED) is 0.712. The van der Waals surface area contributed by atoms with Gasteiger partial charge in [0, 0.05) is 37.1 Å². The van der Waals surface area contributed by atoms with Gasteiger partial charge in [-0.3, -0.25) is 9.52 Å². The molecule has 2 aromatic carbocycles. The summed E-state index contributed by atoms with van der Waals surface area (Å²) in [6.45, 7) is 5.14. The fraction of sp³-hybridized carbons (Fsp3) is 0.350. The van der Waals surface area contributed by atoms with Gasteiger partial charge in [-0.1, -0.05) is 13.3 Å². The van der Waals surface area contributed by atoms with Crippen molar-refractivity contribution in [2.45, 2.75) is 38.0 Å². The van der Waals surface area contributed by atoms with E-state index in [4.69, 9.17) is 0 Å². The molecule has 0 atom stereocenters. The van der Waals surface area contributed by atoms with E-state index in [1.165, 1.54) is 6.92 Å². The van der Waals surface area contributed by atoms with Crippen molar-refractivity contribution in [3.63, 3.8) is 0 Å². The molecule has 2 aromatic rings. The van der Waals surface area contributed by atoms with Crippen LogP contribution < -0.4 is 14.9 Å². The van der Waals surface area contributed by atoms with Gasteiger partial charge in [0.1, 0.15) is 0 Å². The fourth-order valence-corrected chi connectivity index (χ4v) is 4.26. The summed E-state index contributed by atoms with van der Waals surface area (Å²) in [7, 11) is -3.68. The first-order chi connectivity index (χ1) is 12.9. The van der Waals surface area contributed by atoms with Crippen molar-refractivity contribution in [2.75, 3.05) is 28.0 Å². The van der Waals surface area contributed by atoms with E-state index in [1.54, 1.807) is 35.2 Å². The molecular weight excluding hydrogens is 362 g/mol. The van der Waals surface area contributed by atoms with Crippen molar-refractivity contribution in [3.05, 3.63) is 48.0 Å². The van der Waals surface area contributed by atoms with Gasteiger partial charge < -0.3 is 10.2 Å². The Hall–Kier alpha value is -2.54. The summed E-state index contributed by atoms with van der Waals surface area (Å²) in [6, 6.07) is 12.1. The van der Waals surface area contributed by atoms with Crippen LogP contribution in [0.3, 0.4) is 0 Å². The molecule has 1 aliphatic heterocycles. The molecule has 0 saturated heterocycles. The van der Waals surface area contributed by atoms with E-state index >= 15 is 0 Å². The number of fused-ring (bicyclic) bond motifs is 1. The van der Waals surface area contributed by atoms with Crippen LogP contribution in [-0.2, 0) is 21.2 Å². The number of hydrogen-bond acceptors (Lipinski definition) is 4. The smallest absolute Gasteiger partial charge is 0.261 e. The first-order valence-corrected chi connectivity index (χ1v) is 10.7. The number of nitrogens with zero attached hydrogens (tertiary/aromatic N) is 1. The first kappa shape index (κ1) is 19.2. The van der Waals surface area contributed by atoms with Crippen LogP contribution in [0.15, 0.2) is 47.4 Å². The predicted octanol–water partition coefficient (Wildman–Crippen LogP) is 3.61. The first-order valence-electron chi connectivity index (χ1n) is 9.18. The lowest BCUT2D eigenvalue weighted by atomic mass is 10.2. The highest BCUT2D eigenvalue weighted by Crippen LogP contribution is 2.30. The predicted molar refractivity (Wildman–Crippen MR) is 109 cm³/mol. The normalized spacial score (nSPS) is 13.3. The van der Waals surface area contributed by atoms with Crippen LogP contribution in [0, 0.1) is 0 Å². The molecule has 2 N–H and O–H groups in total. The molecule has 0 aliphatic carbocycles. The molecule has 144 valence electrons. The zero-order chi connectivity index (χ0) is 19.4. The van der Waals surface area contributed by atoms with Gasteiger partial charge in [0.05, 0.1) is 4.90 Å². The van der Waals surface area contributed by atoms with Gasteiger partial charge in [0.2, 0.25) is 5.91 Å². The third kappa shape index (κ3) is 4.42. The highest BCUT2D eigenvalue weighted by Gasteiger charge is 2.24. The highest BCUT2D eigenvalue weighted by atomic mass is 32.2. The van der Waals surface area contributed by atoms with Gasteiger partial charge >= 0.3 is 0 Å². The van der Waals surface area contributed by atoms with Gasteiger partial charge in [0.25, 0.3) is 10.0 Å². The monoisotopic (exact) mass is 387 g/mol. The van der Waals surface area contributed by atoms with Crippen LogP contribution in [0.2, 0.25) is 0 Å². The van der Waals surface area contributed by atoms with Gasteiger partial charge in [-0.05, 0) is 60.9 Å². The number of anilines is 3. The maximum absolute atomic E-state index is 12.7. The third-order valence-corrected chi connectivity index (χ3v) is 6.01. The Morgan fingerprint density at radius 2 is 1.81 bits per heavy atom. The van der Waals surface area contributed by atoms with Crippen LogP contribution >= 0.6 is 0 Å². The number of nitrogens with one attached hydrogen (secondary N) is 2. The number of unbranched alkanes of at least 4 members (excludes halogenated alkanes) is 1. The van der Waals surface area contributed by atoms with E-state index in [-0.39, 0.29) is 10.8 Å². The van der Waals surface area contributed by atoms with E-state index in [2.05, 4.69) is 17.0 Å². The Kier molecular flexibility index (Phi) is 5.70. The third-order valence-electron chi connectivity index (χ3n) is 4.63. The molecule has 0 unspecified atom stereocenters. The molecule has 0 saturated carbocycles. The number of hydrogen-bond donors (Lipinski definition) is 2. The largest absolute Gasteiger partial charge is 0.385 e. The summed E-state index contributed by atoms with van der Waals surface area (Å²) in [5.41, 5.74) is 3.16. The summed E-state index contributed by atoms with van der Waals surface area (Å²) < 4.78 is 28.0. The molecule has 0 radical (unpaired) electrons. The Bertz CT molecular complexity index is 924. The van der Waals surface area contributed by atoms with Crippen LogP contribution in [-0.4, -0.2) is 27.4 Å². The topological polar surface area (TPSA) is 78.5 Å². The molecular formula is C20H25N3O3S. The molecule has 7 heteroatoms. The van der Waals surface area contributed by atoms with E-state index in [1.807, 2.05) is 12.1 Å². The number of amides is 1. The average Bonchev–Trinajstić information content (AvgIpc) is 3.06. The number of benzene rings is 2. The van der Waals surface area contributed by atoms with E-state index in [0.717, 1.165) is 36.3 Å². The summed E-state index contributed by atoms with van der Waals surface area (Å²) in [4.78, 5) is 13.5. The summed E-state index contributed by atoms with van der Waals surface area (Å²) in [5, 5.41) is 3.30. The Labute approximate surface area is 160 Å². The molecule has 1 heterocycles. The highest BCUT2D eigenvalue weighted by molar-refractivity contribution is 7.92. The van der Waals surface area contributed by atoms with Gasteiger partial charge in [-0.15, -0.1) is 0 Å². The average molecular weight is 388 g/mol. The Morgan fingerprint density at radius 3 is 2.48 bits per heavy atom. The number of rotatable bonds is 7. The lowest BCUT2D eigenvalue weighted by molar-refractivity contribution is -0.116. The fourth-order valence-electron chi connectivity index (χ4n) is 3.15. The second-order valence-corrected chi connectivity index (χ2v) is 8.36. The maximum Gasteiger partial charge on any atom is 0.261 e. The molecule has 0 fully saturated rings. The standard InChI is InChI=1S/C20H25N3O3S/c1-3-4-12-21-17-5-7-18(8-6-17)22-27(25,26)19-9-10-20-16(14-19)11-13-23(20)15(2)24/h5-10,14,21-22H,3-4,11-13H2,1-2H3. The van der Waals surface area contributed by atoms with Crippen molar-refractivity contribution in [1.82, 2.24) is 0 Å². The summed E-state index contributed by atoms with van der Waals surface area (Å²) in [5.74, 6) is -0.0323. The Morgan fingerprint density at radius 1 is 1.11 bits per heavy atom. The summed E-state index contributed by atoms with van der Waals surface area (Å²) >= 11 is 0. The molecule has 1 amide bonds. The number of carbonyl (C=O) groups excluding carboxylic acids is 1. The summed E-state index contributed by atoms with van der Waals surface area (Å²) in [6.07, 6.45) is 2.88. The molecule has 3 rings (SSSR count). The van der Waals surface area contributed by atoms with Crippen LogP contribution in [0.1, 0.15) is 32.3 Å². The lowest BCUT2D eigenvalue weighted by Gasteiger charge is -2.15. The van der Waals surface area contributed by atoms with Crippen LogP contribution in [0.4, 0.5) is 17.1 Å². The minimum atomic E-state index is -3.68. The molecule has 0 bridgehead atoms. The van der Waals surface area contributed by atoms with E-state index in [9.17, 15) is 13.2 Å². The SMILES string of the molecule is CCCCNc1ccc(NS(=O)(=O)c2ccc3c(c2)CCN3C(C)=O)cc1. The van der Waals surface area contributed by atoms with Crippen LogP contribution in [0.5, 0.6) is 0 Å². The molecule has 0 aromatic heterocycles. The zero-order valence-corrected chi connectivity index (χ0v) is 16.5. The Balaban J connectivity index is 1.73. The zero-order valence-electron chi connectivity index (χ0n) is 15.7. The van der Waals surface area contributed by atoms with E-state index < -0.39 is 10.0 Å². The van der Waals surface area contributed by atoms with Crippen molar-refractivity contribution in [2.24, 2.45) is 0 Å². The van der Waals surface area contributed by atoms with E-state index in [0.29, 0.717) is 18.7 Å². The maximum atomic E-state index is 12.7.